The van der Waals surface area contributed by atoms with E-state index in [2.05, 4.69) is 58.6 Å². The highest BCUT2D eigenvalue weighted by Gasteiger charge is 2.06. The van der Waals surface area contributed by atoms with Crippen molar-refractivity contribution in [2.24, 2.45) is 0 Å². The Labute approximate surface area is 124 Å². The molecular weight excluding hydrogens is 268 g/mol. The molecule has 20 heavy (non-hydrogen) atoms. The van der Waals surface area contributed by atoms with Gasteiger partial charge in [-0.1, -0.05) is 38.5 Å². The van der Waals surface area contributed by atoms with E-state index in [4.69, 9.17) is 0 Å². The molecule has 2 N–H and O–H groups in total. The van der Waals surface area contributed by atoms with E-state index < -0.39 is 0 Å². The van der Waals surface area contributed by atoms with E-state index >= 15 is 0 Å². The second kappa shape index (κ2) is 7.94. The fourth-order valence-corrected chi connectivity index (χ4v) is 2.73. The van der Waals surface area contributed by atoms with Gasteiger partial charge in [-0.25, -0.2) is 4.98 Å². The third kappa shape index (κ3) is 4.56. The molecule has 0 saturated carbocycles. The lowest BCUT2D eigenvalue weighted by Gasteiger charge is -2.18. The van der Waals surface area contributed by atoms with Gasteiger partial charge in [0.15, 0.2) is 5.16 Å². The van der Waals surface area contributed by atoms with Crippen molar-refractivity contribution in [2.45, 2.75) is 55.6 Å². The summed E-state index contributed by atoms with van der Waals surface area (Å²) in [5, 5.41) is 11.1. The molecule has 1 aromatic carbocycles. The monoisotopic (exact) mass is 290 g/mol. The van der Waals surface area contributed by atoms with Crippen LogP contribution in [0, 0.1) is 0 Å². The van der Waals surface area contributed by atoms with Gasteiger partial charge >= 0.3 is 0 Å². The molecule has 2 aromatic rings. The molecule has 1 heterocycles. The average Bonchev–Trinajstić information content (AvgIpc) is 2.98. The minimum absolute atomic E-state index is 0.572. The number of rotatable bonds is 8. The van der Waals surface area contributed by atoms with Crippen molar-refractivity contribution in [1.82, 2.24) is 15.2 Å². The fourth-order valence-electron chi connectivity index (χ4n) is 2.04. The molecule has 108 valence electrons. The highest BCUT2D eigenvalue weighted by atomic mass is 32.2. The van der Waals surface area contributed by atoms with E-state index in [0.717, 1.165) is 16.5 Å². The number of hydrogen-bond acceptors (Lipinski definition) is 4. The lowest BCUT2D eigenvalue weighted by molar-refractivity contribution is 0.593. The van der Waals surface area contributed by atoms with Crippen LogP contribution >= 0.6 is 11.8 Å². The van der Waals surface area contributed by atoms with Gasteiger partial charge in [0.1, 0.15) is 6.33 Å². The Kier molecular flexibility index (Phi) is 5.92. The summed E-state index contributed by atoms with van der Waals surface area (Å²) in [6.07, 6.45) is 6.46. The molecule has 0 fully saturated rings. The number of aromatic nitrogens is 3. The molecule has 4 nitrogen and oxygen atoms in total. The molecule has 0 aliphatic heterocycles. The van der Waals surface area contributed by atoms with Crippen molar-refractivity contribution in [2.75, 3.05) is 5.32 Å². The Bertz CT molecular complexity index is 481. The minimum Gasteiger partial charge on any atom is -0.382 e. The Morgan fingerprint density at radius 2 is 2.05 bits per heavy atom. The predicted octanol–water partition coefficient (Wildman–Crippen LogP) is 4.34. The zero-order valence-electron chi connectivity index (χ0n) is 12.1. The van der Waals surface area contributed by atoms with Crippen molar-refractivity contribution in [3.8, 4) is 0 Å². The summed E-state index contributed by atoms with van der Waals surface area (Å²) in [7, 11) is 0. The first-order valence-corrected chi connectivity index (χ1v) is 8.03. The van der Waals surface area contributed by atoms with Gasteiger partial charge in [-0.2, -0.15) is 5.10 Å². The third-order valence-corrected chi connectivity index (χ3v) is 4.13. The summed E-state index contributed by atoms with van der Waals surface area (Å²) >= 11 is 1.58. The van der Waals surface area contributed by atoms with E-state index in [1.165, 1.54) is 31.3 Å². The molecule has 1 unspecified atom stereocenters. The molecular formula is C15H22N4S. The summed E-state index contributed by atoms with van der Waals surface area (Å²) in [4.78, 5) is 5.27. The second-order valence-corrected chi connectivity index (χ2v) is 5.87. The first-order valence-electron chi connectivity index (χ1n) is 7.21. The molecule has 0 saturated heterocycles. The summed E-state index contributed by atoms with van der Waals surface area (Å²) < 4.78 is 0. The van der Waals surface area contributed by atoms with Crippen LogP contribution in [0.15, 0.2) is 40.6 Å². The molecule has 0 aliphatic rings. The zero-order chi connectivity index (χ0) is 14.2. The minimum atomic E-state index is 0.572. The number of nitrogens with zero attached hydrogens (tertiary/aromatic N) is 2. The Hall–Kier alpha value is -1.49. The molecule has 0 amide bonds. The second-order valence-electron chi connectivity index (χ2n) is 4.81. The van der Waals surface area contributed by atoms with Gasteiger partial charge in [0, 0.05) is 16.6 Å². The van der Waals surface area contributed by atoms with E-state index in [1.807, 2.05) is 0 Å². The van der Waals surface area contributed by atoms with Crippen LogP contribution in [0.4, 0.5) is 5.69 Å². The van der Waals surface area contributed by atoms with Crippen molar-refractivity contribution < 1.29 is 0 Å². The number of hydrogen-bond donors (Lipinski definition) is 2. The van der Waals surface area contributed by atoms with Gasteiger partial charge in [0.2, 0.25) is 0 Å². The summed E-state index contributed by atoms with van der Waals surface area (Å²) in [6.45, 7) is 4.48. The maximum Gasteiger partial charge on any atom is 0.188 e. The van der Waals surface area contributed by atoms with Crippen molar-refractivity contribution >= 4 is 17.4 Å². The molecule has 0 spiro atoms. The van der Waals surface area contributed by atoms with E-state index in [9.17, 15) is 0 Å². The summed E-state index contributed by atoms with van der Waals surface area (Å²) in [5.74, 6) is 0. The van der Waals surface area contributed by atoms with Gasteiger partial charge in [-0.15, -0.1) is 0 Å². The Morgan fingerprint density at radius 1 is 1.25 bits per heavy atom. The van der Waals surface area contributed by atoms with Crippen molar-refractivity contribution in [3.05, 3.63) is 30.6 Å². The molecule has 2 rings (SSSR count). The predicted molar refractivity (Wildman–Crippen MR) is 84.2 cm³/mol. The van der Waals surface area contributed by atoms with Gasteiger partial charge in [-0.3, -0.25) is 5.10 Å². The largest absolute Gasteiger partial charge is 0.382 e. The average molecular weight is 290 g/mol. The molecule has 0 radical (unpaired) electrons. The molecule has 0 bridgehead atoms. The lowest BCUT2D eigenvalue weighted by atomic mass is 10.1. The SMILES string of the molecule is CCCCC(CC)Nc1ccc(Sc2ncn[nH]2)cc1. The summed E-state index contributed by atoms with van der Waals surface area (Å²) in [5.41, 5.74) is 1.19. The van der Waals surface area contributed by atoms with Crippen LogP contribution in [0.2, 0.25) is 0 Å². The van der Waals surface area contributed by atoms with E-state index in [0.29, 0.717) is 6.04 Å². The summed E-state index contributed by atoms with van der Waals surface area (Å²) in [6, 6.07) is 9.06. The topological polar surface area (TPSA) is 53.6 Å². The van der Waals surface area contributed by atoms with Crippen LogP contribution in [0.5, 0.6) is 0 Å². The normalized spacial score (nSPS) is 12.3. The van der Waals surface area contributed by atoms with Crippen LogP contribution < -0.4 is 5.32 Å². The van der Waals surface area contributed by atoms with Crippen LogP contribution in [0.1, 0.15) is 39.5 Å². The number of H-pyrrole nitrogens is 1. The Balaban J connectivity index is 1.90. The number of aromatic amines is 1. The van der Waals surface area contributed by atoms with Crippen LogP contribution in [-0.4, -0.2) is 21.2 Å². The highest BCUT2D eigenvalue weighted by Crippen LogP contribution is 2.25. The quantitative estimate of drug-likeness (QED) is 0.759. The third-order valence-electron chi connectivity index (χ3n) is 3.23. The first kappa shape index (κ1) is 14.9. The van der Waals surface area contributed by atoms with Crippen LogP contribution in [0.25, 0.3) is 0 Å². The molecule has 1 aromatic heterocycles. The Morgan fingerprint density at radius 3 is 2.65 bits per heavy atom. The molecule has 1 atom stereocenters. The van der Waals surface area contributed by atoms with E-state index in [-0.39, 0.29) is 0 Å². The maximum absolute atomic E-state index is 4.11. The van der Waals surface area contributed by atoms with Gasteiger partial charge < -0.3 is 5.32 Å². The van der Waals surface area contributed by atoms with Gasteiger partial charge in [-0.05, 0) is 37.1 Å². The lowest BCUT2D eigenvalue weighted by Crippen LogP contribution is -2.18. The maximum atomic E-state index is 4.11. The molecule has 5 heteroatoms. The smallest absolute Gasteiger partial charge is 0.188 e. The number of benzene rings is 1. The number of nitrogens with one attached hydrogen (secondary N) is 2. The van der Waals surface area contributed by atoms with Gasteiger partial charge in [0.05, 0.1) is 0 Å². The fraction of sp³-hybridized carbons (Fsp3) is 0.467. The van der Waals surface area contributed by atoms with Crippen LogP contribution in [-0.2, 0) is 0 Å². The first-order chi connectivity index (χ1) is 9.81. The number of anilines is 1. The van der Waals surface area contributed by atoms with Gasteiger partial charge in [0.25, 0.3) is 0 Å². The van der Waals surface area contributed by atoms with Crippen molar-refractivity contribution in [1.29, 1.82) is 0 Å². The van der Waals surface area contributed by atoms with Crippen molar-refractivity contribution in [3.63, 3.8) is 0 Å². The highest BCUT2D eigenvalue weighted by molar-refractivity contribution is 7.99. The van der Waals surface area contributed by atoms with Crippen LogP contribution in [0.3, 0.4) is 0 Å². The van der Waals surface area contributed by atoms with E-state index in [1.54, 1.807) is 11.8 Å². The standard InChI is InChI=1S/C15H22N4S/c1-3-5-6-12(4-2)18-13-7-9-14(10-8-13)20-15-16-11-17-19-15/h7-12,18H,3-6H2,1-2H3,(H,16,17,19). The zero-order valence-corrected chi connectivity index (χ0v) is 12.9. The number of unbranched alkanes of at least 4 members (excludes halogenated alkanes) is 1. The molecule has 0 aliphatic carbocycles.